The van der Waals surface area contributed by atoms with E-state index in [1.807, 2.05) is 0 Å². The third-order valence-corrected chi connectivity index (χ3v) is 4.36. The van der Waals surface area contributed by atoms with Crippen LogP contribution >= 0.6 is 0 Å². The van der Waals surface area contributed by atoms with Gasteiger partial charge in [0.15, 0.2) is 0 Å². The molecule has 0 aliphatic heterocycles. The summed E-state index contributed by atoms with van der Waals surface area (Å²) in [6.07, 6.45) is 1.58. The molecule has 0 atom stereocenters. The molecule has 7 heteroatoms. The molecule has 3 aromatic rings. The summed E-state index contributed by atoms with van der Waals surface area (Å²) in [7, 11) is 1.68. The van der Waals surface area contributed by atoms with Gasteiger partial charge in [0.1, 0.15) is 11.8 Å². The maximum absolute atomic E-state index is 12.4. The van der Waals surface area contributed by atoms with Gasteiger partial charge in [0.05, 0.1) is 22.7 Å². The average Bonchev–Trinajstić information content (AvgIpc) is 3.04. The summed E-state index contributed by atoms with van der Waals surface area (Å²) in [4.78, 5) is 23.2. The van der Waals surface area contributed by atoms with Crippen molar-refractivity contribution >= 4 is 11.7 Å². The molecule has 28 heavy (non-hydrogen) atoms. The summed E-state index contributed by atoms with van der Waals surface area (Å²) in [6.45, 7) is 1.94. The summed E-state index contributed by atoms with van der Waals surface area (Å²) >= 11 is 0. The Bertz CT molecular complexity index is 1090. The van der Waals surface area contributed by atoms with Gasteiger partial charge in [0.2, 0.25) is 0 Å². The predicted molar refractivity (Wildman–Crippen MR) is 104 cm³/mol. The van der Waals surface area contributed by atoms with Crippen LogP contribution in [0.25, 0.3) is 22.3 Å². The number of benzene rings is 2. The number of hydrogen-bond acceptors (Lipinski definition) is 5. The lowest BCUT2D eigenvalue weighted by atomic mass is 9.97. The van der Waals surface area contributed by atoms with Crippen LogP contribution in [0.4, 0.5) is 5.69 Å². The smallest absolute Gasteiger partial charge is 0.355 e. The van der Waals surface area contributed by atoms with Crippen molar-refractivity contribution < 1.29 is 14.5 Å². The lowest BCUT2D eigenvalue weighted by molar-refractivity contribution is -0.384. The number of aromatic nitrogens is 1. The SMILES string of the molecule is CCOC(=O)c1c(-c2ccc(-c3ccccc3[N+](=O)[O-])cc2)c(C#N)cn1C. The maximum Gasteiger partial charge on any atom is 0.355 e. The standard InChI is InChI=1S/C21H17N3O4/c1-3-28-21(25)20-19(16(12-22)13-23(20)2)15-10-8-14(9-11-15)17-6-4-5-7-18(17)24(26)27/h4-11,13H,3H2,1-2H3. The van der Waals surface area contributed by atoms with Crippen LogP contribution in [-0.4, -0.2) is 22.1 Å². The first-order valence-corrected chi connectivity index (χ1v) is 8.58. The zero-order valence-corrected chi connectivity index (χ0v) is 15.4. The molecular formula is C21H17N3O4. The molecule has 0 bridgehead atoms. The van der Waals surface area contributed by atoms with Gasteiger partial charge in [-0.2, -0.15) is 5.26 Å². The molecule has 3 rings (SSSR count). The minimum absolute atomic E-state index is 0.0138. The van der Waals surface area contributed by atoms with E-state index < -0.39 is 10.9 Å². The fraction of sp³-hybridized carbons (Fsp3) is 0.143. The Morgan fingerprint density at radius 1 is 1.18 bits per heavy atom. The van der Waals surface area contributed by atoms with Crippen molar-refractivity contribution in [2.45, 2.75) is 6.92 Å². The Kier molecular flexibility index (Phi) is 5.23. The second-order valence-electron chi connectivity index (χ2n) is 6.06. The van der Waals surface area contributed by atoms with Crippen LogP contribution in [0.1, 0.15) is 23.0 Å². The number of nitrogens with zero attached hydrogens (tertiary/aromatic N) is 3. The topological polar surface area (TPSA) is 98.2 Å². The molecular weight excluding hydrogens is 358 g/mol. The molecule has 0 N–H and O–H groups in total. The van der Waals surface area contributed by atoms with Gasteiger partial charge in [-0.15, -0.1) is 0 Å². The van der Waals surface area contributed by atoms with E-state index in [0.717, 1.165) is 0 Å². The Balaban J connectivity index is 2.10. The fourth-order valence-electron chi connectivity index (χ4n) is 3.14. The third kappa shape index (κ3) is 3.35. The number of nitro groups is 1. The highest BCUT2D eigenvalue weighted by Gasteiger charge is 2.23. The highest BCUT2D eigenvalue weighted by atomic mass is 16.6. The van der Waals surface area contributed by atoms with Crippen LogP contribution in [0, 0.1) is 21.4 Å². The molecule has 0 saturated carbocycles. The highest BCUT2D eigenvalue weighted by Crippen LogP contribution is 2.34. The van der Waals surface area contributed by atoms with Crippen molar-refractivity contribution in [3.8, 4) is 28.3 Å². The molecule has 1 heterocycles. The zero-order chi connectivity index (χ0) is 20.3. The first-order valence-electron chi connectivity index (χ1n) is 8.58. The molecule has 7 nitrogen and oxygen atoms in total. The van der Waals surface area contributed by atoms with Crippen molar-refractivity contribution in [2.24, 2.45) is 7.05 Å². The molecule has 0 spiro atoms. The molecule has 140 valence electrons. The number of aryl methyl sites for hydroxylation is 1. The van der Waals surface area contributed by atoms with Gasteiger partial charge < -0.3 is 9.30 Å². The summed E-state index contributed by atoms with van der Waals surface area (Å²) in [6, 6.07) is 15.5. The number of para-hydroxylation sites is 1. The predicted octanol–water partition coefficient (Wildman–Crippen LogP) is 4.32. The van der Waals surface area contributed by atoms with Gasteiger partial charge in [0, 0.05) is 24.9 Å². The van der Waals surface area contributed by atoms with E-state index in [-0.39, 0.29) is 18.0 Å². The van der Waals surface area contributed by atoms with Crippen molar-refractivity contribution in [3.05, 3.63) is 76.1 Å². The lowest BCUT2D eigenvalue weighted by Gasteiger charge is -2.09. The second-order valence-corrected chi connectivity index (χ2v) is 6.06. The Hall–Kier alpha value is -3.92. The van der Waals surface area contributed by atoms with Crippen LogP contribution in [0.2, 0.25) is 0 Å². The van der Waals surface area contributed by atoms with E-state index in [9.17, 15) is 20.2 Å². The molecule has 0 aliphatic rings. The number of carbonyl (C=O) groups excluding carboxylic acids is 1. The van der Waals surface area contributed by atoms with Crippen molar-refractivity contribution in [2.75, 3.05) is 6.61 Å². The van der Waals surface area contributed by atoms with E-state index in [1.54, 1.807) is 67.2 Å². The van der Waals surface area contributed by atoms with Crippen LogP contribution in [0.5, 0.6) is 0 Å². The summed E-state index contributed by atoms with van der Waals surface area (Å²) in [5, 5.41) is 20.7. The summed E-state index contributed by atoms with van der Waals surface area (Å²) in [5.41, 5.74) is 2.96. The first kappa shape index (κ1) is 18.9. The first-order chi connectivity index (χ1) is 13.5. The van der Waals surface area contributed by atoms with Crippen LogP contribution < -0.4 is 0 Å². The van der Waals surface area contributed by atoms with Crippen molar-refractivity contribution in [3.63, 3.8) is 0 Å². The fourth-order valence-corrected chi connectivity index (χ4v) is 3.14. The van der Waals surface area contributed by atoms with E-state index in [2.05, 4.69) is 6.07 Å². The molecule has 0 radical (unpaired) electrons. The Labute approximate surface area is 161 Å². The van der Waals surface area contributed by atoms with Gasteiger partial charge in [-0.25, -0.2) is 4.79 Å². The third-order valence-electron chi connectivity index (χ3n) is 4.36. The lowest BCUT2D eigenvalue weighted by Crippen LogP contribution is -2.10. The van der Waals surface area contributed by atoms with Gasteiger partial charge in [0.25, 0.3) is 5.69 Å². The van der Waals surface area contributed by atoms with Crippen LogP contribution in [0.15, 0.2) is 54.7 Å². The summed E-state index contributed by atoms with van der Waals surface area (Å²) in [5.74, 6) is -0.510. The van der Waals surface area contributed by atoms with E-state index in [0.29, 0.717) is 27.8 Å². The number of nitro benzene ring substituents is 1. The Morgan fingerprint density at radius 3 is 2.43 bits per heavy atom. The second kappa shape index (κ2) is 7.76. The quantitative estimate of drug-likeness (QED) is 0.376. The summed E-state index contributed by atoms with van der Waals surface area (Å²) < 4.78 is 6.69. The van der Waals surface area contributed by atoms with Gasteiger partial charge in [-0.05, 0) is 24.1 Å². The molecule has 0 aliphatic carbocycles. The molecule has 2 aromatic carbocycles. The van der Waals surface area contributed by atoms with Crippen molar-refractivity contribution in [1.82, 2.24) is 4.57 Å². The highest BCUT2D eigenvalue weighted by molar-refractivity contribution is 5.98. The van der Waals surface area contributed by atoms with E-state index in [1.165, 1.54) is 6.07 Å². The molecule has 0 amide bonds. The molecule has 1 aromatic heterocycles. The number of hydrogen-bond donors (Lipinski definition) is 0. The molecule has 0 unspecified atom stereocenters. The maximum atomic E-state index is 12.4. The largest absolute Gasteiger partial charge is 0.461 e. The van der Waals surface area contributed by atoms with Gasteiger partial charge in [-0.1, -0.05) is 36.4 Å². The van der Waals surface area contributed by atoms with E-state index in [4.69, 9.17) is 4.74 Å². The number of rotatable bonds is 5. The zero-order valence-electron chi connectivity index (χ0n) is 15.4. The number of nitriles is 1. The van der Waals surface area contributed by atoms with Gasteiger partial charge >= 0.3 is 5.97 Å². The number of ether oxygens (including phenoxy) is 1. The van der Waals surface area contributed by atoms with Crippen LogP contribution in [0.3, 0.4) is 0 Å². The molecule has 0 fully saturated rings. The number of carbonyl (C=O) groups is 1. The normalized spacial score (nSPS) is 10.3. The Morgan fingerprint density at radius 2 is 1.82 bits per heavy atom. The van der Waals surface area contributed by atoms with E-state index >= 15 is 0 Å². The molecule has 0 saturated heterocycles. The minimum Gasteiger partial charge on any atom is -0.461 e. The average molecular weight is 375 g/mol. The minimum atomic E-state index is -0.510. The van der Waals surface area contributed by atoms with Gasteiger partial charge in [-0.3, -0.25) is 10.1 Å². The van der Waals surface area contributed by atoms with Crippen molar-refractivity contribution in [1.29, 1.82) is 5.26 Å². The number of esters is 1. The van der Waals surface area contributed by atoms with Crippen LogP contribution in [-0.2, 0) is 11.8 Å². The monoisotopic (exact) mass is 375 g/mol.